The Labute approximate surface area is 115 Å². The first kappa shape index (κ1) is 14.5. The molecule has 0 atom stereocenters. The van der Waals surface area contributed by atoms with E-state index < -0.39 is 23.4 Å². The van der Waals surface area contributed by atoms with Crippen molar-refractivity contribution in [2.24, 2.45) is 0 Å². The van der Waals surface area contributed by atoms with Crippen molar-refractivity contribution in [1.82, 2.24) is 9.97 Å². The van der Waals surface area contributed by atoms with Crippen LogP contribution in [0.25, 0.3) is 11.3 Å². The molecule has 0 fully saturated rings. The van der Waals surface area contributed by atoms with E-state index >= 15 is 0 Å². The average molecular weight is 307 g/mol. The van der Waals surface area contributed by atoms with Crippen LogP contribution in [0.4, 0.5) is 17.6 Å². The summed E-state index contributed by atoms with van der Waals surface area (Å²) in [5, 5.41) is 9.20. The van der Waals surface area contributed by atoms with Gasteiger partial charge < -0.3 is 5.11 Å². The van der Waals surface area contributed by atoms with Crippen molar-refractivity contribution in [3.63, 3.8) is 0 Å². The zero-order valence-electron chi connectivity index (χ0n) is 9.96. The summed E-state index contributed by atoms with van der Waals surface area (Å²) in [6.45, 7) is 1.13. The van der Waals surface area contributed by atoms with Gasteiger partial charge in [-0.2, -0.15) is 13.2 Å². The van der Waals surface area contributed by atoms with Crippen LogP contribution in [0.5, 0.6) is 5.75 Å². The van der Waals surface area contributed by atoms with E-state index in [-0.39, 0.29) is 21.8 Å². The third-order valence-corrected chi connectivity index (χ3v) is 2.95. The molecule has 0 aliphatic rings. The van der Waals surface area contributed by atoms with Crippen molar-refractivity contribution in [3.8, 4) is 17.0 Å². The highest BCUT2D eigenvalue weighted by Crippen LogP contribution is 2.36. The van der Waals surface area contributed by atoms with Gasteiger partial charge in [0.05, 0.1) is 10.7 Å². The lowest BCUT2D eigenvalue weighted by Crippen LogP contribution is -2.12. The summed E-state index contributed by atoms with van der Waals surface area (Å²) in [4.78, 5) is 6.81. The lowest BCUT2D eigenvalue weighted by atomic mass is 10.0. The zero-order chi connectivity index (χ0) is 15.1. The second-order valence-corrected chi connectivity index (χ2v) is 4.38. The molecule has 3 nitrogen and oxygen atoms in total. The smallest absolute Gasteiger partial charge is 0.433 e. The molecular weight excluding hydrogens is 300 g/mol. The Balaban J connectivity index is 2.69. The molecule has 2 rings (SSSR count). The van der Waals surface area contributed by atoms with Crippen LogP contribution in [-0.4, -0.2) is 15.1 Å². The van der Waals surface area contributed by atoms with Crippen molar-refractivity contribution < 1.29 is 22.7 Å². The standard InChI is InChI=1S/C12H7ClF4N2O/c1-5-10(18-4-19-11(5)12(15,16)17)6-2-9(20)7(13)3-8(6)14/h2-4,20H,1H3. The minimum absolute atomic E-state index is 0.242. The molecule has 1 aromatic carbocycles. The molecule has 0 amide bonds. The Morgan fingerprint density at radius 3 is 2.45 bits per heavy atom. The van der Waals surface area contributed by atoms with Crippen LogP contribution in [0.15, 0.2) is 18.5 Å². The minimum atomic E-state index is -4.67. The van der Waals surface area contributed by atoms with Gasteiger partial charge in [-0.3, -0.25) is 0 Å². The monoisotopic (exact) mass is 306 g/mol. The summed E-state index contributed by atoms with van der Waals surface area (Å²) >= 11 is 5.51. The van der Waals surface area contributed by atoms with Crippen molar-refractivity contribution in [3.05, 3.63) is 40.6 Å². The first-order chi connectivity index (χ1) is 9.21. The Morgan fingerprint density at radius 1 is 1.20 bits per heavy atom. The van der Waals surface area contributed by atoms with Crippen molar-refractivity contribution >= 4 is 11.6 Å². The molecule has 1 N–H and O–H groups in total. The molecule has 1 aromatic heterocycles. The van der Waals surface area contributed by atoms with Gasteiger partial charge in [0.1, 0.15) is 17.9 Å². The lowest BCUT2D eigenvalue weighted by molar-refractivity contribution is -0.141. The fourth-order valence-electron chi connectivity index (χ4n) is 1.73. The molecule has 0 unspecified atom stereocenters. The van der Waals surface area contributed by atoms with E-state index in [9.17, 15) is 22.7 Å². The summed E-state index contributed by atoms with van der Waals surface area (Å²) < 4.78 is 52.0. The number of hydrogen-bond donors (Lipinski definition) is 1. The second kappa shape index (κ2) is 4.90. The normalized spacial score (nSPS) is 11.7. The number of aromatic nitrogens is 2. The predicted molar refractivity (Wildman–Crippen MR) is 63.8 cm³/mol. The molecule has 0 bridgehead atoms. The summed E-state index contributed by atoms with van der Waals surface area (Å²) in [5.41, 5.74) is -2.02. The molecular formula is C12H7ClF4N2O. The van der Waals surface area contributed by atoms with Crippen molar-refractivity contribution in [2.75, 3.05) is 0 Å². The minimum Gasteiger partial charge on any atom is -0.506 e. The van der Waals surface area contributed by atoms with E-state index in [0.717, 1.165) is 19.1 Å². The van der Waals surface area contributed by atoms with Crippen LogP contribution in [0.2, 0.25) is 5.02 Å². The topological polar surface area (TPSA) is 46.0 Å². The van der Waals surface area contributed by atoms with Gasteiger partial charge in [0.2, 0.25) is 0 Å². The summed E-state index contributed by atoms with van der Waals surface area (Å²) in [5.74, 6) is -1.34. The largest absolute Gasteiger partial charge is 0.506 e. The van der Waals surface area contributed by atoms with Crippen LogP contribution < -0.4 is 0 Å². The van der Waals surface area contributed by atoms with Gasteiger partial charge in [-0.25, -0.2) is 14.4 Å². The van der Waals surface area contributed by atoms with E-state index in [4.69, 9.17) is 11.6 Å². The number of hydrogen-bond acceptors (Lipinski definition) is 3. The predicted octanol–water partition coefficient (Wildman–Crippen LogP) is 3.97. The maximum absolute atomic E-state index is 13.8. The van der Waals surface area contributed by atoms with Crippen LogP contribution in [0, 0.1) is 12.7 Å². The highest BCUT2D eigenvalue weighted by atomic mass is 35.5. The second-order valence-electron chi connectivity index (χ2n) is 3.98. The lowest BCUT2D eigenvalue weighted by Gasteiger charge is -2.12. The number of rotatable bonds is 1. The maximum Gasteiger partial charge on any atom is 0.433 e. The van der Waals surface area contributed by atoms with Gasteiger partial charge in [-0.1, -0.05) is 11.6 Å². The molecule has 0 saturated heterocycles. The van der Waals surface area contributed by atoms with E-state index in [1.165, 1.54) is 0 Å². The molecule has 0 saturated carbocycles. The Morgan fingerprint density at radius 2 is 1.85 bits per heavy atom. The molecule has 0 radical (unpaired) electrons. The summed E-state index contributed by atoms with van der Waals surface area (Å²) in [6, 6.07) is 1.73. The first-order valence-electron chi connectivity index (χ1n) is 5.29. The van der Waals surface area contributed by atoms with Crippen LogP contribution in [0.1, 0.15) is 11.3 Å². The van der Waals surface area contributed by atoms with E-state index in [1.54, 1.807) is 0 Å². The number of nitrogens with zero attached hydrogens (tertiary/aromatic N) is 2. The van der Waals surface area contributed by atoms with E-state index in [0.29, 0.717) is 6.33 Å². The summed E-state index contributed by atoms with van der Waals surface area (Å²) in [6.07, 6.45) is -3.98. The van der Waals surface area contributed by atoms with Gasteiger partial charge >= 0.3 is 6.18 Å². The fraction of sp³-hybridized carbons (Fsp3) is 0.167. The number of phenolic OH excluding ortho intramolecular Hbond substituents is 1. The number of alkyl halides is 3. The molecule has 0 aliphatic carbocycles. The SMILES string of the molecule is Cc1c(-c2cc(O)c(Cl)cc2F)ncnc1C(F)(F)F. The van der Waals surface area contributed by atoms with E-state index in [2.05, 4.69) is 9.97 Å². The molecule has 0 aliphatic heterocycles. The number of aromatic hydroxyl groups is 1. The molecule has 1 heterocycles. The molecule has 0 spiro atoms. The van der Waals surface area contributed by atoms with Crippen molar-refractivity contribution in [2.45, 2.75) is 13.1 Å². The van der Waals surface area contributed by atoms with Gasteiger partial charge in [0, 0.05) is 11.1 Å². The summed E-state index contributed by atoms with van der Waals surface area (Å²) in [7, 11) is 0. The maximum atomic E-state index is 13.8. The van der Waals surface area contributed by atoms with Crippen LogP contribution >= 0.6 is 11.6 Å². The van der Waals surface area contributed by atoms with Gasteiger partial charge in [0.15, 0.2) is 5.69 Å². The average Bonchev–Trinajstić information content (AvgIpc) is 2.33. The quantitative estimate of drug-likeness (QED) is 0.811. The third-order valence-electron chi connectivity index (χ3n) is 2.64. The van der Waals surface area contributed by atoms with Crippen LogP contribution in [0.3, 0.4) is 0 Å². The van der Waals surface area contributed by atoms with Crippen molar-refractivity contribution in [1.29, 1.82) is 0 Å². The van der Waals surface area contributed by atoms with E-state index in [1.807, 2.05) is 0 Å². The highest BCUT2D eigenvalue weighted by Gasteiger charge is 2.35. The zero-order valence-corrected chi connectivity index (χ0v) is 10.7. The number of halogens is 5. The fourth-order valence-corrected chi connectivity index (χ4v) is 1.88. The number of benzene rings is 1. The third kappa shape index (κ3) is 2.53. The van der Waals surface area contributed by atoms with Gasteiger partial charge in [0.25, 0.3) is 0 Å². The highest BCUT2D eigenvalue weighted by molar-refractivity contribution is 6.32. The van der Waals surface area contributed by atoms with Gasteiger partial charge in [-0.05, 0) is 19.1 Å². The Bertz CT molecular complexity index is 673. The molecule has 20 heavy (non-hydrogen) atoms. The van der Waals surface area contributed by atoms with Crippen LogP contribution in [-0.2, 0) is 6.18 Å². The molecule has 8 heteroatoms. The van der Waals surface area contributed by atoms with Gasteiger partial charge in [-0.15, -0.1) is 0 Å². The number of phenols is 1. The molecule has 2 aromatic rings. The Kier molecular flexibility index (Phi) is 3.56. The molecule has 106 valence electrons. The first-order valence-corrected chi connectivity index (χ1v) is 5.66. The Hall–Kier alpha value is -1.89.